The number of likely N-dealkylation sites (tertiary alicyclic amines) is 1. The first-order valence-corrected chi connectivity index (χ1v) is 12.5. The van der Waals surface area contributed by atoms with E-state index in [9.17, 15) is 13.2 Å². The van der Waals surface area contributed by atoms with Crippen molar-refractivity contribution in [1.29, 1.82) is 0 Å². The summed E-state index contributed by atoms with van der Waals surface area (Å²) in [4.78, 5) is 15.9. The van der Waals surface area contributed by atoms with Crippen molar-refractivity contribution in [1.82, 2.24) is 9.21 Å². The zero-order valence-electron chi connectivity index (χ0n) is 17.4. The van der Waals surface area contributed by atoms with E-state index in [1.165, 1.54) is 4.31 Å². The molecule has 2 aliphatic carbocycles. The second kappa shape index (κ2) is 6.30. The average molecular weight is 416 g/mol. The van der Waals surface area contributed by atoms with E-state index in [1.54, 1.807) is 0 Å². The van der Waals surface area contributed by atoms with Crippen molar-refractivity contribution in [3.8, 4) is 0 Å². The Bertz CT molecular complexity index is 929. The second-order valence-electron chi connectivity index (χ2n) is 10.2. The van der Waals surface area contributed by atoms with E-state index in [0.717, 1.165) is 37.8 Å². The summed E-state index contributed by atoms with van der Waals surface area (Å²) in [5, 5.41) is 0. The molecule has 1 radical (unpaired) electrons. The van der Waals surface area contributed by atoms with Gasteiger partial charge in [-0.3, -0.25) is 9.69 Å². The summed E-state index contributed by atoms with van der Waals surface area (Å²) in [6, 6.07) is 9.46. The fourth-order valence-corrected chi connectivity index (χ4v) is 9.55. The lowest BCUT2D eigenvalue weighted by Crippen LogP contribution is -2.52. The minimum Gasteiger partial charge on any atom is -0.287 e. The van der Waals surface area contributed by atoms with Crippen molar-refractivity contribution in [2.45, 2.75) is 58.2 Å². The molecular formula is C23H31N2O3S. The number of amides is 1. The van der Waals surface area contributed by atoms with Crippen LogP contribution in [-0.2, 0) is 21.4 Å². The number of benzene rings is 1. The summed E-state index contributed by atoms with van der Waals surface area (Å²) in [6.45, 7) is 10.1. The Morgan fingerprint density at radius 1 is 1.21 bits per heavy atom. The molecule has 5 atom stereocenters. The van der Waals surface area contributed by atoms with Gasteiger partial charge in [0.25, 0.3) is 5.91 Å². The maximum Gasteiger partial charge on any atom is 0.253 e. The van der Waals surface area contributed by atoms with Gasteiger partial charge in [0.1, 0.15) is 0 Å². The van der Waals surface area contributed by atoms with E-state index in [4.69, 9.17) is 0 Å². The summed E-state index contributed by atoms with van der Waals surface area (Å²) in [6.07, 6.45) is 3.65. The monoisotopic (exact) mass is 415 g/mol. The van der Waals surface area contributed by atoms with Crippen LogP contribution < -0.4 is 0 Å². The predicted molar refractivity (Wildman–Crippen MR) is 112 cm³/mol. The van der Waals surface area contributed by atoms with Crippen LogP contribution >= 0.6 is 0 Å². The summed E-state index contributed by atoms with van der Waals surface area (Å²) < 4.78 is 27.9. The first-order valence-electron chi connectivity index (χ1n) is 10.8. The van der Waals surface area contributed by atoms with Crippen LogP contribution in [0.25, 0.3) is 0 Å². The highest BCUT2D eigenvalue weighted by atomic mass is 32.2. The molecule has 157 valence electrons. The number of hydrogen-bond acceptors (Lipinski definition) is 4. The van der Waals surface area contributed by atoms with E-state index in [-0.39, 0.29) is 34.4 Å². The number of sulfonamides is 1. The molecule has 0 N–H and O–H groups in total. The topological polar surface area (TPSA) is 57.7 Å². The SMILES string of the molecule is [CH2][C@@H]1CCN(Cc2ccccc2)[C@@H]1C(=O)N1C2C[C@@H]3CC[C@@]2(CS1(=O)=O)C3(C)C. The van der Waals surface area contributed by atoms with Crippen LogP contribution in [0.3, 0.4) is 0 Å². The molecule has 29 heavy (non-hydrogen) atoms. The molecule has 1 aromatic rings. The van der Waals surface area contributed by atoms with Crippen molar-refractivity contribution < 1.29 is 13.2 Å². The van der Waals surface area contributed by atoms with E-state index in [0.29, 0.717) is 12.5 Å². The second-order valence-corrected chi connectivity index (χ2v) is 12.1. The van der Waals surface area contributed by atoms with Crippen LogP contribution in [-0.4, -0.2) is 47.9 Å². The number of carbonyl (C=O) groups is 1. The maximum atomic E-state index is 13.8. The zero-order valence-corrected chi connectivity index (χ0v) is 18.2. The predicted octanol–water partition coefficient (Wildman–Crippen LogP) is 3.08. The quantitative estimate of drug-likeness (QED) is 0.761. The summed E-state index contributed by atoms with van der Waals surface area (Å²) in [5.74, 6) is 0.332. The number of hydrogen-bond donors (Lipinski definition) is 0. The molecule has 2 saturated carbocycles. The number of rotatable bonds is 3. The number of fused-ring (bicyclic) bond motifs is 1. The van der Waals surface area contributed by atoms with E-state index in [2.05, 4.69) is 37.8 Å². The first-order chi connectivity index (χ1) is 13.7. The molecule has 1 aromatic carbocycles. The number of carbonyl (C=O) groups excluding carboxylic acids is 1. The van der Waals surface area contributed by atoms with Crippen LogP contribution in [0, 0.1) is 29.6 Å². The van der Waals surface area contributed by atoms with Crippen LogP contribution in [0.4, 0.5) is 0 Å². The molecule has 1 spiro atoms. The molecule has 2 aliphatic heterocycles. The smallest absolute Gasteiger partial charge is 0.253 e. The highest BCUT2D eigenvalue weighted by molar-refractivity contribution is 7.90. The largest absolute Gasteiger partial charge is 0.287 e. The van der Waals surface area contributed by atoms with E-state index in [1.807, 2.05) is 18.2 Å². The molecule has 1 amide bonds. The minimum absolute atomic E-state index is 0.0248. The molecule has 4 fully saturated rings. The Morgan fingerprint density at radius 3 is 2.62 bits per heavy atom. The Hall–Kier alpha value is -1.40. The standard InChI is InChI=1S/C23H31N2O3S/c1-16-10-12-24(14-17-7-5-4-6-8-17)20(16)21(26)25-19-13-18-9-11-23(19,22(18,2)3)15-29(25,27)28/h4-8,16,18-20H,1,9-15H2,2-3H3/t16-,18+,19?,20+,23+/m1/s1. The van der Waals surface area contributed by atoms with Gasteiger partial charge in [-0.2, -0.15) is 0 Å². The number of nitrogens with zero attached hydrogens (tertiary/aromatic N) is 2. The lowest BCUT2D eigenvalue weighted by Gasteiger charge is -2.38. The molecule has 5 nitrogen and oxygen atoms in total. The Balaban J connectivity index is 1.46. The van der Waals surface area contributed by atoms with Gasteiger partial charge in [0.15, 0.2) is 0 Å². The molecule has 6 heteroatoms. The normalized spacial score (nSPS) is 39.8. The van der Waals surface area contributed by atoms with Gasteiger partial charge in [-0.15, -0.1) is 0 Å². The molecule has 0 aromatic heterocycles. The molecule has 2 bridgehead atoms. The van der Waals surface area contributed by atoms with Crippen LogP contribution in [0.5, 0.6) is 0 Å². The molecule has 2 saturated heterocycles. The van der Waals surface area contributed by atoms with Crippen LogP contribution in [0.15, 0.2) is 30.3 Å². The fraction of sp³-hybridized carbons (Fsp3) is 0.652. The Morgan fingerprint density at radius 2 is 1.93 bits per heavy atom. The van der Waals surface area contributed by atoms with E-state index >= 15 is 0 Å². The van der Waals surface area contributed by atoms with Gasteiger partial charge in [0, 0.05) is 12.0 Å². The Kier molecular flexibility index (Phi) is 4.25. The van der Waals surface area contributed by atoms with Crippen molar-refractivity contribution in [3.05, 3.63) is 42.8 Å². The van der Waals surface area contributed by atoms with Gasteiger partial charge < -0.3 is 0 Å². The van der Waals surface area contributed by atoms with Crippen LogP contribution in [0.1, 0.15) is 45.1 Å². The molecular weight excluding hydrogens is 384 g/mol. The van der Waals surface area contributed by atoms with Gasteiger partial charge in [-0.05, 0) is 62.0 Å². The van der Waals surface area contributed by atoms with Crippen molar-refractivity contribution >= 4 is 15.9 Å². The molecule has 2 heterocycles. The lowest BCUT2D eigenvalue weighted by molar-refractivity contribution is -0.134. The van der Waals surface area contributed by atoms with Crippen molar-refractivity contribution in [2.75, 3.05) is 12.3 Å². The van der Waals surface area contributed by atoms with Gasteiger partial charge in [-0.1, -0.05) is 44.2 Å². The third kappa shape index (κ3) is 2.61. The van der Waals surface area contributed by atoms with Crippen molar-refractivity contribution in [3.63, 3.8) is 0 Å². The van der Waals surface area contributed by atoms with E-state index < -0.39 is 16.1 Å². The maximum absolute atomic E-state index is 13.8. The van der Waals surface area contributed by atoms with Gasteiger partial charge in [0.2, 0.25) is 10.0 Å². The van der Waals surface area contributed by atoms with Crippen LogP contribution in [0.2, 0.25) is 0 Å². The third-order valence-corrected chi connectivity index (χ3v) is 10.7. The minimum atomic E-state index is -3.59. The van der Waals surface area contributed by atoms with Crippen molar-refractivity contribution in [2.24, 2.45) is 22.7 Å². The molecule has 4 aliphatic rings. The van der Waals surface area contributed by atoms with Gasteiger partial charge >= 0.3 is 0 Å². The first kappa shape index (κ1) is 19.6. The molecule has 5 rings (SSSR count). The fourth-order valence-electron chi connectivity index (χ4n) is 6.99. The highest BCUT2D eigenvalue weighted by Crippen LogP contribution is 2.70. The lowest BCUT2D eigenvalue weighted by atomic mass is 9.69. The van der Waals surface area contributed by atoms with Gasteiger partial charge in [-0.25, -0.2) is 12.7 Å². The van der Waals surface area contributed by atoms with Gasteiger partial charge in [0.05, 0.1) is 17.8 Å². The summed E-state index contributed by atoms with van der Waals surface area (Å²) >= 11 is 0. The third-order valence-electron chi connectivity index (χ3n) is 8.74. The highest BCUT2D eigenvalue weighted by Gasteiger charge is 2.72. The average Bonchev–Trinajstić information content (AvgIpc) is 3.28. The molecule has 1 unspecified atom stereocenters. The summed E-state index contributed by atoms with van der Waals surface area (Å²) in [5.41, 5.74) is 0.843. The Labute approximate surface area is 174 Å². The summed E-state index contributed by atoms with van der Waals surface area (Å²) in [7, 11) is -3.59. The zero-order chi connectivity index (χ0) is 20.6.